The van der Waals surface area contributed by atoms with Crippen LogP contribution in [0.3, 0.4) is 0 Å². The summed E-state index contributed by atoms with van der Waals surface area (Å²) in [6.45, 7) is 0.527. The van der Waals surface area contributed by atoms with Gasteiger partial charge in [0.1, 0.15) is 5.75 Å². The molecule has 124 valence electrons. The standard InChI is InChI=1S/C19H20N2O3/c1-21-16-8-7-13(11-14(16)12-18(21)22)9-10-20-19(23)15-5-3-4-6-17(15)24-2/h3-8,11H,9-10,12H2,1-2H3,(H,20,23). The molecule has 0 aromatic heterocycles. The van der Waals surface area contributed by atoms with Crippen molar-refractivity contribution >= 4 is 17.5 Å². The van der Waals surface area contributed by atoms with E-state index in [4.69, 9.17) is 4.74 Å². The first kappa shape index (κ1) is 16.1. The van der Waals surface area contributed by atoms with Gasteiger partial charge in [0.25, 0.3) is 5.91 Å². The third-order valence-corrected chi connectivity index (χ3v) is 4.27. The molecule has 24 heavy (non-hydrogen) atoms. The molecule has 2 aromatic carbocycles. The maximum atomic E-state index is 12.2. The number of carbonyl (C=O) groups is 2. The molecule has 0 saturated heterocycles. The molecule has 5 nitrogen and oxygen atoms in total. The van der Waals surface area contributed by atoms with Gasteiger partial charge in [0.05, 0.1) is 19.1 Å². The Labute approximate surface area is 141 Å². The van der Waals surface area contributed by atoms with Gasteiger partial charge in [0, 0.05) is 19.3 Å². The van der Waals surface area contributed by atoms with E-state index in [2.05, 4.69) is 5.32 Å². The molecule has 1 heterocycles. The largest absolute Gasteiger partial charge is 0.496 e. The summed E-state index contributed by atoms with van der Waals surface area (Å²) in [6, 6.07) is 13.2. The third kappa shape index (κ3) is 3.11. The van der Waals surface area contributed by atoms with Gasteiger partial charge in [0.2, 0.25) is 5.91 Å². The molecule has 1 N–H and O–H groups in total. The number of para-hydroxylation sites is 1. The van der Waals surface area contributed by atoms with Crippen LogP contribution in [0.5, 0.6) is 5.75 Å². The Bertz CT molecular complexity index is 786. The average molecular weight is 324 g/mol. The zero-order chi connectivity index (χ0) is 17.1. The minimum atomic E-state index is -0.150. The van der Waals surface area contributed by atoms with Gasteiger partial charge in [-0.25, -0.2) is 0 Å². The van der Waals surface area contributed by atoms with Gasteiger partial charge in [-0.2, -0.15) is 0 Å². The van der Waals surface area contributed by atoms with Crippen LogP contribution in [0.1, 0.15) is 21.5 Å². The topological polar surface area (TPSA) is 58.6 Å². The number of methoxy groups -OCH3 is 1. The number of anilines is 1. The number of likely N-dealkylation sites (N-methyl/N-ethyl adjacent to an activating group) is 1. The van der Waals surface area contributed by atoms with E-state index in [9.17, 15) is 9.59 Å². The second kappa shape index (κ2) is 6.74. The Morgan fingerprint density at radius 3 is 2.83 bits per heavy atom. The van der Waals surface area contributed by atoms with Gasteiger partial charge in [-0.05, 0) is 35.7 Å². The Kier molecular flexibility index (Phi) is 4.51. The molecule has 0 spiro atoms. The summed E-state index contributed by atoms with van der Waals surface area (Å²) in [5.41, 5.74) is 3.66. The molecule has 0 radical (unpaired) electrons. The van der Waals surface area contributed by atoms with Crippen molar-refractivity contribution in [1.29, 1.82) is 0 Å². The Morgan fingerprint density at radius 2 is 2.04 bits per heavy atom. The number of fused-ring (bicyclic) bond motifs is 1. The molecule has 5 heteroatoms. The predicted octanol–water partition coefficient (Wildman–Crippen LogP) is 2.19. The Hall–Kier alpha value is -2.82. The fourth-order valence-electron chi connectivity index (χ4n) is 2.93. The molecule has 2 aromatic rings. The highest BCUT2D eigenvalue weighted by molar-refractivity contribution is 6.01. The molecular weight excluding hydrogens is 304 g/mol. The Balaban J connectivity index is 1.60. The van der Waals surface area contributed by atoms with Gasteiger partial charge in [-0.15, -0.1) is 0 Å². The van der Waals surface area contributed by atoms with Crippen LogP contribution in [0, 0.1) is 0 Å². The van der Waals surface area contributed by atoms with Gasteiger partial charge in [-0.1, -0.05) is 24.3 Å². The van der Waals surface area contributed by atoms with Crippen molar-refractivity contribution in [2.75, 3.05) is 25.6 Å². The van der Waals surface area contributed by atoms with Crippen LogP contribution in [0.2, 0.25) is 0 Å². The fraction of sp³-hybridized carbons (Fsp3) is 0.263. The lowest BCUT2D eigenvalue weighted by Gasteiger charge is -2.11. The summed E-state index contributed by atoms with van der Waals surface area (Å²) in [4.78, 5) is 25.6. The molecule has 0 bridgehead atoms. The molecular formula is C19H20N2O3. The summed E-state index contributed by atoms with van der Waals surface area (Å²) < 4.78 is 5.20. The average Bonchev–Trinajstić information content (AvgIpc) is 2.88. The number of nitrogens with zero attached hydrogens (tertiary/aromatic N) is 1. The first-order valence-electron chi connectivity index (χ1n) is 7.89. The fourth-order valence-corrected chi connectivity index (χ4v) is 2.93. The summed E-state index contributed by atoms with van der Waals surface area (Å²) in [7, 11) is 3.34. The molecule has 3 rings (SSSR count). The number of benzene rings is 2. The normalized spacial score (nSPS) is 12.9. The quantitative estimate of drug-likeness (QED) is 0.917. The molecule has 0 fully saturated rings. The summed E-state index contributed by atoms with van der Waals surface area (Å²) in [5, 5.41) is 2.91. The first-order chi connectivity index (χ1) is 11.6. The molecule has 0 atom stereocenters. The van der Waals surface area contributed by atoms with E-state index in [-0.39, 0.29) is 11.8 Å². The number of hydrogen-bond donors (Lipinski definition) is 1. The van der Waals surface area contributed by atoms with Crippen molar-refractivity contribution in [3.05, 3.63) is 59.2 Å². The van der Waals surface area contributed by atoms with E-state index in [0.29, 0.717) is 30.7 Å². The van der Waals surface area contributed by atoms with E-state index in [1.165, 1.54) is 0 Å². The highest BCUT2D eigenvalue weighted by atomic mass is 16.5. The maximum absolute atomic E-state index is 12.2. The van der Waals surface area contributed by atoms with E-state index < -0.39 is 0 Å². The van der Waals surface area contributed by atoms with E-state index in [1.54, 1.807) is 31.2 Å². The predicted molar refractivity (Wildman–Crippen MR) is 92.6 cm³/mol. The molecule has 1 aliphatic heterocycles. The Morgan fingerprint density at radius 1 is 1.25 bits per heavy atom. The van der Waals surface area contributed by atoms with Crippen molar-refractivity contribution in [3.63, 3.8) is 0 Å². The summed E-state index contributed by atoms with van der Waals surface area (Å²) in [5.74, 6) is 0.532. The molecule has 0 aliphatic carbocycles. The van der Waals surface area contributed by atoms with Gasteiger partial charge in [0.15, 0.2) is 0 Å². The van der Waals surface area contributed by atoms with Gasteiger partial charge in [-0.3, -0.25) is 9.59 Å². The van der Waals surface area contributed by atoms with Crippen LogP contribution in [0.15, 0.2) is 42.5 Å². The number of hydrogen-bond acceptors (Lipinski definition) is 3. The van der Waals surface area contributed by atoms with Crippen molar-refractivity contribution in [2.45, 2.75) is 12.8 Å². The highest BCUT2D eigenvalue weighted by Gasteiger charge is 2.23. The number of ether oxygens (including phenoxy) is 1. The van der Waals surface area contributed by atoms with Gasteiger partial charge >= 0.3 is 0 Å². The zero-order valence-corrected chi connectivity index (χ0v) is 13.8. The number of nitrogens with one attached hydrogen (secondary N) is 1. The second-order valence-electron chi connectivity index (χ2n) is 5.80. The molecule has 0 saturated carbocycles. The van der Waals surface area contributed by atoms with Crippen molar-refractivity contribution in [3.8, 4) is 5.75 Å². The first-order valence-corrected chi connectivity index (χ1v) is 7.89. The molecule has 1 aliphatic rings. The third-order valence-electron chi connectivity index (χ3n) is 4.27. The molecule has 0 unspecified atom stereocenters. The van der Waals surface area contributed by atoms with Crippen LogP contribution in [-0.4, -0.2) is 32.5 Å². The van der Waals surface area contributed by atoms with Crippen LogP contribution < -0.4 is 15.0 Å². The van der Waals surface area contributed by atoms with Crippen LogP contribution >= 0.6 is 0 Å². The number of amides is 2. The lowest BCUT2D eigenvalue weighted by atomic mass is 10.1. The van der Waals surface area contributed by atoms with Crippen LogP contribution in [0.25, 0.3) is 0 Å². The molecule has 2 amide bonds. The highest BCUT2D eigenvalue weighted by Crippen LogP contribution is 2.28. The van der Waals surface area contributed by atoms with Crippen molar-refractivity contribution in [2.24, 2.45) is 0 Å². The summed E-state index contributed by atoms with van der Waals surface area (Å²) in [6.07, 6.45) is 1.17. The van der Waals surface area contributed by atoms with Crippen molar-refractivity contribution in [1.82, 2.24) is 5.32 Å². The smallest absolute Gasteiger partial charge is 0.255 e. The zero-order valence-electron chi connectivity index (χ0n) is 13.8. The number of rotatable bonds is 5. The SMILES string of the molecule is COc1ccccc1C(=O)NCCc1ccc2c(c1)CC(=O)N2C. The summed E-state index contributed by atoms with van der Waals surface area (Å²) >= 11 is 0. The van der Waals surface area contributed by atoms with Gasteiger partial charge < -0.3 is 15.0 Å². The second-order valence-corrected chi connectivity index (χ2v) is 5.80. The van der Waals surface area contributed by atoms with Crippen LogP contribution in [-0.2, 0) is 17.6 Å². The maximum Gasteiger partial charge on any atom is 0.255 e. The van der Waals surface area contributed by atoms with E-state index in [1.807, 2.05) is 30.3 Å². The van der Waals surface area contributed by atoms with Crippen molar-refractivity contribution < 1.29 is 14.3 Å². The van der Waals surface area contributed by atoms with E-state index >= 15 is 0 Å². The lowest BCUT2D eigenvalue weighted by Crippen LogP contribution is -2.26. The minimum Gasteiger partial charge on any atom is -0.496 e. The number of carbonyl (C=O) groups excluding carboxylic acids is 2. The van der Waals surface area contributed by atoms with E-state index in [0.717, 1.165) is 16.8 Å². The van der Waals surface area contributed by atoms with Crippen LogP contribution in [0.4, 0.5) is 5.69 Å². The minimum absolute atomic E-state index is 0.117. The monoisotopic (exact) mass is 324 g/mol. The lowest BCUT2D eigenvalue weighted by molar-refractivity contribution is -0.117.